The molecule has 2 fully saturated rings. The maximum absolute atomic E-state index is 12.6. The monoisotopic (exact) mass is 397 g/mol. The molecule has 0 saturated heterocycles. The molecule has 2 aromatic rings. The van der Waals surface area contributed by atoms with Crippen LogP contribution in [0.25, 0.3) is 0 Å². The lowest BCUT2D eigenvalue weighted by molar-refractivity contribution is 0.107. The van der Waals surface area contributed by atoms with Crippen LogP contribution in [0.1, 0.15) is 55.8 Å². The molecule has 0 bridgehead atoms. The number of hydrogen-bond acceptors (Lipinski definition) is 6. The van der Waals surface area contributed by atoms with Gasteiger partial charge in [0, 0.05) is 43.0 Å². The van der Waals surface area contributed by atoms with Gasteiger partial charge in [-0.05, 0) is 44.4 Å². The Kier molecular flexibility index (Phi) is 4.95. The lowest BCUT2D eigenvalue weighted by Crippen LogP contribution is -2.36. The molecule has 1 N–H and O–H groups in total. The summed E-state index contributed by atoms with van der Waals surface area (Å²) in [6, 6.07) is 2.00. The standard InChI is InChI=1S/C21H27N5O3/c27-19-11-15-13-29-10-7-18(15)24-26(19)17-5-3-16(4-6-17)23-20-21(28)25(9-8-22-20)12-14-1-2-14/h8-9,11,14,16-17H,1-7,10,12-13H2,(H,22,23). The van der Waals surface area contributed by atoms with E-state index < -0.39 is 0 Å². The third-order valence-corrected chi connectivity index (χ3v) is 6.31. The van der Waals surface area contributed by atoms with Crippen LogP contribution in [0, 0.1) is 5.92 Å². The summed E-state index contributed by atoms with van der Waals surface area (Å²) in [6.07, 6.45) is 10.2. The summed E-state index contributed by atoms with van der Waals surface area (Å²) in [6.45, 7) is 1.94. The number of rotatable bonds is 5. The summed E-state index contributed by atoms with van der Waals surface area (Å²) in [5.41, 5.74) is 1.83. The molecule has 0 radical (unpaired) electrons. The molecule has 3 heterocycles. The van der Waals surface area contributed by atoms with Crippen molar-refractivity contribution in [3.05, 3.63) is 50.4 Å². The molecule has 0 spiro atoms. The van der Waals surface area contributed by atoms with Gasteiger partial charge in [0.15, 0.2) is 5.82 Å². The molecule has 0 unspecified atom stereocenters. The van der Waals surface area contributed by atoms with Crippen LogP contribution in [0.15, 0.2) is 28.0 Å². The molecule has 0 atom stereocenters. The van der Waals surface area contributed by atoms with E-state index >= 15 is 0 Å². The van der Waals surface area contributed by atoms with Gasteiger partial charge in [-0.25, -0.2) is 9.67 Å². The zero-order valence-corrected chi connectivity index (χ0v) is 16.5. The van der Waals surface area contributed by atoms with Crippen molar-refractivity contribution in [2.24, 2.45) is 5.92 Å². The Morgan fingerprint density at radius 3 is 2.76 bits per heavy atom. The average Bonchev–Trinajstić information content (AvgIpc) is 3.55. The number of hydrogen-bond donors (Lipinski definition) is 1. The minimum Gasteiger partial charge on any atom is -0.376 e. The van der Waals surface area contributed by atoms with E-state index in [9.17, 15) is 9.59 Å². The first-order valence-electron chi connectivity index (χ1n) is 10.7. The van der Waals surface area contributed by atoms with Gasteiger partial charge in [0.25, 0.3) is 11.1 Å². The van der Waals surface area contributed by atoms with Crippen LogP contribution >= 0.6 is 0 Å². The minimum absolute atomic E-state index is 0.0312. The van der Waals surface area contributed by atoms with Gasteiger partial charge in [0.1, 0.15) is 0 Å². The van der Waals surface area contributed by atoms with Crippen molar-refractivity contribution < 1.29 is 4.74 Å². The summed E-state index contributed by atoms with van der Waals surface area (Å²) in [4.78, 5) is 29.4. The Labute approximate surface area is 168 Å². The highest BCUT2D eigenvalue weighted by molar-refractivity contribution is 5.32. The van der Waals surface area contributed by atoms with Crippen LogP contribution in [0.4, 0.5) is 5.82 Å². The SMILES string of the molecule is O=c1c(NC2CCC(n3nc4c(cc3=O)COCC4)CC2)nccn1CC1CC1. The average molecular weight is 397 g/mol. The second-order valence-corrected chi connectivity index (χ2v) is 8.53. The van der Waals surface area contributed by atoms with Crippen LogP contribution in [-0.4, -0.2) is 32.0 Å². The molecule has 3 aliphatic rings. The summed E-state index contributed by atoms with van der Waals surface area (Å²) >= 11 is 0. The molecule has 2 aromatic heterocycles. The predicted molar refractivity (Wildman–Crippen MR) is 108 cm³/mol. The molecule has 154 valence electrons. The van der Waals surface area contributed by atoms with Gasteiger partial charge in [-0.15, -0.1) is 0 Å². The van der Waals surface area contributed by atoms with Crippen LogP contribution in [-0.2, 0) is 24.3 Å². The van der Waals surface area contributed by atoms with Crippen molar-refractivity contribution in [3.8, 4) is 0 Å². The molecule has 1 aliphatic heterocycles. The summed E-state index contributed by atoms with van der Waals surface area (Å²) < 4.78 is 8.87. The summed E-state index contributed by atoms with van der Waals surface area (Å²) in [5.74, 6) is 1.09. The Balaban J connectivity index is 1.24. The Morgan fingerprint density at radius 1 is 1.14 bits per heavy atom. The lowest BCUT2D eigenvalue weighted by atomic mass is 9.91. The van der Waals surface area contributed by atoms with E-state index in [4.69, 9.17) is 4.74 Å². The quantitative estimate of drug-likeness (QED) is 0.828. The summed E-state index contributed by atoms with van der Waals surface area (Å²) in [7, 11) is 0. The molecular weight excluding hydrogens is 370 g/mol. The normalized spacial score (nSPS) is 24.1. The van der Waals surface area contributed by atoms with Crippen molar-refractivity contribution in [2.75, 3.05) is 11.9 Å². The number of ether oxygens (including phenoxy) is 1. The van der Waals surface area contributed by atoms with E-state index in [1.54, 1.807) is 27.7 Å². The number of nitrogens with zero attached hydrogens (tertiary/aromatic N) is 4. The maximum atomic E-state index is 12.6. The van der Waals surface area contributed by atoms with Gasteiger partial charge in [0.2, 0.25) is 0 Å². The largest absolute Gasteiger partial charge is 0.376 e. The molecule has 2 aliphatic carbocycles. The molecule has 2 saturated carbocycles. The number of nitrogens with one attached hydrogen (secondary N) is 1. The molecular formula is C21H27N5O3. The molecule has 8 nitrogen and oxygen atoms in total. The van der Waals surface area contributed by atoms with Crippen LogP contribution < -0.4 is 16.4 Å². The van der Waals surface area contributed by atoms with Gasteiger partial charge in [0.05, 0.1) is 24.9 Å². The van der Waals surface area contributed by atoms with E-state index in [1.807, 2.05) is 0 Å². The second kappa shape index (κ2) is 7.74. The molecule has 8 heteroatoms. The van der Waals surface area contributed by atoms with E-state index in [2.05, 4.69) is 15.4 Å². The van der Waals surface area contributed by atoms with Crippen LogP contribution in [0.2, 0.25) is 0 Å². The van der Waals surface area contributed by atoms with Crippen LogP contribution in [0.3, 0.4) is 0 Å². The van der Waals surface area contributed by atoms with Gasteiger partial charge in [-0.1, -0.05) is 0 Å². The van der Waals surface area contributed by atoms with Gasteiger partial charge < -0.3 is 14.6 Å². The van der Waals surface area contributed by atoms with Crippen molar-refractivity contribution >= 4 is 5.82 Å². The van der Waals surface area contributed by atoms with E-state index in [1.165, 1.54) is 12.8 Å². The molecule has 29 heavy (non-hydrogen) atoms. The van der Waals surface area contributed by atoms with Crippen molar-refractivity contribution in [2.45, 2.75) is 70.2 Å². The zero-order chi connectivity index (χ0) is 19.8. The van der Waals surface area contributed by atoms with E-state index in [0.717, 1.165) is 49.9 Å². The Morgan fingerprint density at radius 2 is 1.97 bits per heavy atom. The first-order chi connectivity index (χ1) is 14.2. The second-order valence-electron chi connectivity index (χ2n) is 8.53. The maximum Gasteiger partial charge on any atom is 0.293 e. The van der Waals surface area contributed by atoms with Crippen molar-refractivity contribution in [3.63, 3.8) is 0 Å². The highest BCUT2D eigenvalue weighted by Crippen LogP contribution is 2.30. The van der Waals surface area contributed by atoms with Crippen molar-refractivity contribution in [1.82, 2.24) is 19.3 Å². The number of aromatic nitrogens is 4. The zero-order valence-electron chi connectivity index (χ0n) is 16.5. The topological polar surface area (TPSA) is 91.0 Å². The minimum atomic E-state index is -0.0432. The smallest absolute Gasteiger partial charge is 0.293 e. The van der Waals surface area contributed by atoms with E-state index in [-0.39, 0.29) is 23.2 Å². The lowest BCUT2D eigenvalue weighted by Gasteiger charge is -2.30. The molecule has 5 rings (SSSR count). The van der Waals surface area contributed by atoms with Crippen molar-refractivity contribution in [1.29, 1.82) is 0 Å². The third kappa shape index (κ3) is 3.99. The number of fused-ring (bicyclic) bond motifs is 1. The number of anilines is 1. The first kappa shape index (κ1) is 18.5. The molecule has 0 aromatic carbocycles. The van der Waals surface area contributed by atoms with E-state index in [0.29, 0.717) is 24.9 Å². The first-order valence-corrected chi connectivity index (χ1v) is 10.7. The van der Waals surface area contributed by atoms with Gasteiger partial charge in [-0.3, -0.25) is 9.59 Å². The fourth-order valence-corrected chi connectivity index (χ4v) is 4.42. The van der Waals surface area contributed by atoms with Gasteiger partial charge in [-0.2, -0.15) is 5.10 Å². The van der Waals surface area contributed by atoms with Gasteiger partial charge >= 0.3 is 0 Å². The Bertz CT molecular complexity index is 1000. The van der Waals surface area contributed by atoms with Crippen LogP contribution in [0.5, 0.6) is 0 Å². The highest BCUT2D eigenvalue weighted by Gasteiger charge is 2.27. The highest BCUT2D eigenvalue weighted by atomic mass is 16.5. The third-order valence-electron chi connectivity index (χ3n) is 6.31. The fourth-order valence-electron chi connectivity index (χ4n) is 4.42. The summed E-state index contributed by atoms with van der Waals surface area (Å²) in [5, 5.41) is 7.99. The predicted octanol–water partition coefficient (Wildman–Crippen LogP) is 1.88. The Hall–Kier alpha value is -2.48. The fraction of sp³-hybridized carbons (Fsp3) is 0.619. The molecule has 0 amide bonds.